The van der Waals surface area contributed by atoms with E-state index in [4.69, 9.17) is 0 Å². The maximum Gasteiger partial charge on any atom is 0.0120 e. The average molecular weight is 180 g/mol. The van der Waals surface area contributed by atoms with Crippen molar-refractivity contribution in [3.8, 4) is 0 Å². The van der Waals surface area contributed by atoms with Crippen LogP contribution in [0.1, 0.15) is 25.7 Å². The summed E-state index contributed by atoms with van der Waals surface area (Å²) in [4.78, 5) is 2.62. The van der Waals surface area contributed by atoms with Crippen LogP contribution in [0.5, 0.6) is 0 Å². The molecule has 2 aliphatic heterocycles. The summed E-state index contributed by atoms with van der Waals surface area (Å²) < 4.78 is 0. The Hall–Kier alpha value is -0.0800. The van der Waals surface area contributed by atoms with Crippen molar-refractivity contribution in [1.29, 1.82) is 0 Å². The van der Waals surface area contributed by atoms with Gasteiger partial charge in [-0.3, -0.25) is 0 Å². The average Bonchev–Trinajstić information content (AvgIpc) is 2.90. The Kier molecular flexibility index (Phi) is 2.06. The van der Waals surface area contributed by atoms with E-state index < -0.39 is 0 Å². The van der Waals surface area contributed by atoms with Gasteiger partial charge >= 0.3 is 0 Å². The summed E-state index contributed by atoms with van der Waals surface area (Å²) in [5.41, 5.74) is 0. The summed E-state index contributed by atoms with van der Waals surface area (Å²) in [7, 11) is 0. The second-order valence-electron chi connectivity index (χ2n) is 5.10. The minimum atomic E-state index is 0.861. The van der Waals surface area contributed by atoms with Gasteiger partial charge in [0.2, 0.25) is 0 Å². The van der Waals surface area contributed by atoms with Gasteiger partial charge < -0.3 is 10.2 Å². The van der Waals surface area contributed by atoms with Crippen LogP contribution in [-0.4, -0.2) is 37.1 Å². The molecular formula is C11H20N2. The first-order chi connectivity index (χ1) is 6.42. The lowest BCUT2D eigenvalue weighted by Crippen LogP contribution is -2.44. The van der Waals surface area contributed by atoms with Crippen molar-refractivity contribution in [2.45, 2.75) is 31.7 Å². The lowest BCUT2D eigenvalue weighted by atomic mass is 9.94. The standard InChI is InChI=1S/C11H20N2/c1-2-9(1)7-12-11-4-6-13-5-3-10(11)8-13/h9-12H,1-8H2. The molecule has 3 fully saturated rings. The minimum Gasteiger partial charge on any atom is -0.313 e. The molecule has 1 saturated carbocycles. The molecule has 3 rings (SSSR count). The van der Waals surface area contributed by atoms with Crippen molar-refractivity contribution >= 4 is 0 Å². The van der Waals surface area contributed by atoms with Gasteiger partial charge in [0.05, 0.1) is 0 Å². The summed E-state index contributed by atoms with van der Waals surface area (Å²) >= 11 is 0. The van der Waals surface area contributed by atoms with Gasteiger partial charge in [0.15, 0.2) is 0 Å². The van der Waals surface area contributed by atoms with E-state index in [9.17, 15) is 0 Å². The molecule has 1 N–H and O–H groups in total. The molecule has 2 heterocycles. The minimum absolute atomic E-state index is 0.861. The lowest BCUT2D eigenvalue weighted by molar-refractivity contribution is 0.220. The molecule has 0 amide bonds. The number of hydrogen-bond acceptors (Lipinski definition) is 2. The summed E-state index contributed by atoms with van der Waals surface area (Å²) in [6.07, 6.45) is 5.81. The third-order valence-electron chi connectivity index (χ3n) is 4.00. The summed E-state index contributed by atoms with van der Waals surface area (Å²) in [6, 6.07) is 0.861. The smallest absolute Gasteiger partial charge is 0.0120 e. The number of nitrogens with one attached hydrogen (secondary N) is 1. The molecule has 3 unspecified atom stereocenters. The van der Waals surface area contributed by atoms with Gasteiger partial charge in [-0.1, -0.05) is 0 Å². The van der Waals surface area contributed by atoms with Gasteiger partial charge in [0, 0.05) is 12.6 Å². The molecule has 0 aromatic carbocycles. The third kappa shape index (κ3) is 1.75. The van der Waals surface area contributed by atoms with Gasteiger partial charge in [-0.15, -0.1) is 0 Å². The van der Waals surface area contributed by atoms with Crippen molar-refractivity contribution in [3.05, 3.63) is 0 Å². The van der Waals surface area contributed by atoms with Crippen LogP contribution in [-0.2, 0) is 0 Å². The van der Waals surface area contributed by atoms with E-state index in [0.717, 1.165) is 17.9 Å². The molecule has 0 spiro atoms. The number of fused-ring (bicyclic) bond motifs is 2. The van der Waals surface area contributed by atoms with Gasteiger partial charge in [-0.25, -0.2) is 0 Å². The molecule has 0 radical (unpaired) electrons. The van der Waals surface area contributed by atoms with Crippen LogP contribution in [0.15, 0.2) is 0 Å². The zero-order valence-electron chi connectivity index (χ0n) is 8.34. The SMILES string of the molecule is C1CC1CNC1CCN2CCC1C2. The second kappa shape index (κ2) is 3.25. The maximum absolute atomic E-state index is 3.78. The first-order valence-electron chi connectivity index (χ1n) is 5.87. The molecule has 0 aromatic heterocycles. The summed E-state index contributed by atoms with van der Waals surface area (Å²) in [5.74, 6) is 2.02. The Bertz CT molecular complexity index is 189. The van der Waals surface area contributed by atoms with Gasteiger partial charge in [-0.2, -0.15) is 0 Å². The highest BCUT2D eigenvalue weighted by Gasteiger charge is 2.34. The Morgan fingerprint density at radius 3 is 2.77 bits per heavy atom. The van der Waals surface area contributed by atoms with E-state index >= 15 is 0 Å². The largest absolute Gasteiger partial charge is 0.313 e. The van der Waals surface area contributed by atoms with E-state index in [-0.39, 0.29) is 0 Å². The fraction of sp³-hybridized carbons (Fsp3) is 1.00. The van der Waals surface area contributed by atoms with Gasteiger partial charge in [0.1, 0.15) is 0 Å². The molecule has 2 saturated heterocycles. The van der Waals surface area contributed by atoms with Crippen molar-refractivity contribution < 1.29 is 0 Å². The quantitative estimate of drug-likeness (QED) is 0.699. The fourth-order valence-corrected chi connectivity index (χ4v) is 2.86. The van der Waals surface area contributed by atoms with Crippen LogP contribution in [0.4, 0.5) is 0 Å². The summed E-state index contributed by atoms with van der Waals surface area (Å²) in [6.45, 7) is 5.40. The first-order valence-corrected chi connectivity index (χ1v) is 5.87. The Morgan fingerprint density at radius 1 is 1.08 bits per heavy atom. The van der Waals surface area contributed by atoms with Crippen LogP contribution in [0.2, 0.25) is 0 Å². The third-order valence-corrected chi connectivity index (χ3v) is 4.00. The number of piperidine rings is 1. The molecular weight excluding hydrogens is 160 g/mol. The molecule has 13 heavy (non-hydrogen) atoms. The van der Waals surface area contributed by atoms with Crippen LogP contribution in [0.3, 0.4) is 0 Å². The van der Waals surface area contributed by atoms with E-state index in [2.05, 4.69) is 10.2 Å². The first kappa shape index (κ1) is 8.25. The predicted octanol–water partition coefficient (Wildman–Crippen LogP) is 1.08. The summed E-state index contributed by atoms with van der Waals surface area (Å²) in [5, 5.41) is 3.78. The zero-order valence-corrected chi connectivity index (χ0v) is 8.34. The van der Waals surface area contributed by atoms with E-state index in [1.165, 1.54) is 51.9 Å². The zero-order chi connectivity index (χ0) is 8.67. The highest BCUT2D eigenvalue weighted by Crippen LogP contribution is 2.30. The molecule has 2 nitrogen and oxygen atoms in total. The normalized spacial score (nSPS) is 43.8. The monoisotopic (exact) mass is 180 g/mol. The fourth-order valence-electron chi connectivity index (χ4n) is 2.86. The number of rotatable bonds is 3. The highest BCUT2D eigenvalue weighted by molar-refractivity contribution is 4.91. The lowest BCUT2D eigenvalue weighted by Gasteiger charge is -2.31. The Balaban J connectivity index is 1.51. The predicted molar refractivity (Wildman–Crippen MR) is 53.7 cm³/mol. The molecule has 74 valence electrons. The van der Waals surface area contributed by atoms with Crippen molar-refractivity contribution in [1.82, 2.24) is 10.2 Å². The van der Waals surface area contributed by atoms with Crippen LogP contribution >= 0.6 is 0 Å². The molecule has 0 aromatic rings. The van der Waals surface area contributed by atoms with Gasteiger partial charge in [0.25, 0.3) is 0 Å². The van der Waals surface area contributed by atoms with E-state index in [1.54, 1.807) is 0 Å². The molecule has 2 heteroatoms. The van der Waals surface area contributed by atoms with E-state index in [0.29, 0.717) is 0 Å². The second-order valence-corrected chi connectivity index (χ2v) is 5.10. The molecule has 3 aliphatic rings. The molecule has 3 atom stereocenters. The van der Waals surface area contributed by atoms with E-state index in [1.807, 2.05) is 0 Å². The van der Waals surface area contributed by atoms with Gasteiger partial charge in [-0.05, 0) is 57.2 Å². The highest BCUT2D eigenvalue weighted by atomic mass is 15.2. The Labute approximate surface area is 80.7 Å². The number of hydrogen-bond donors (Lipinski definition) is 1. The van der Waals surface area contributed by atoms with Crippen molar-refractivity contribution in [3.63, 3.8) is 0 Å². The van der Waals surface area contributed by atoms with Crippen LogP contribution in [0, 0.1) is 11.8 Å². The molecule has 1 aliphatic carbocycles. The number of nitrogens with zero attached hydrogens (tertiary/aromatic N) is 1. The van der Waals surface area contributed by atoms with Crippen LogP contribution < -0.4 is 5.32 Å². The topological polar surface area (TPSA) is 15.3 Å². The van der Waals surface area contributed by atoms with Crippen LogP contribution in [0.25, 0.3) is 0 Å². The van der Waals surface area contributed by atoms with Crippen molar-refractivity contribution in [2.24, 2.45) is 11.8 Å². The Morgan fingerprint density at radius 2 is 1.92 bits per heavy atom. The van der Waals surface area contributed by atoms with Crippen molar-refractivity contribution in [2.75, 3.05) is 26.2 Å². The maximum atomic E-state index is 3.78. The molecule has 2 bridgehead atoms.